The van der Waals surface area contributed by atoms with Crippen LogP contribution in [0.25, 0.3) is 16.6 Å². The number of benzene rings is 3. The predicted octanol–water partition coefficient (Wildman–Crippen LogP) is 5.51. The van der Waals surface area contributed by atoms with Crippen molar-refractivity contribution in [3.8, 4) is 11.4 Å². The molecule has 0 aliphatic carbocycles. The van der Waals surface area contributed by atoms with Gasteiger partial charge in [-0.05, 0) is 62.2 Å². The van der Waals surface area contributed by atoms with E-state index in [1.54, 1.807) is 37.4 Å². The molecule has 1 aromatic heterocycles. The monoisotopic (exact) mass is 505 g/mol. The van der Waals surface area contributed by atoms with Gasteiger partial charge in [0, 0.05) is 16.8 Å². The van der Waals surface area contributed by atoms with Gasteiger partial charge in [-0.2, -0.15) is 0 Å². The highest BCUT2D eigenvalue weighted by Gasteiger charge is 2.34. The van der Waals surface area contributed by atoms with Crippen LogP contribution in [0.1, 0.15) is 19.4 Å². The van der Waals surface area contributed by atoms with E-state index in [-0.39, 0.29) is 17.5 Å². The summed E-state index contributed by atoms with van der Waals surface area (Å²) in [6.45, 7) is 3.90. The molecule has 0 bridgehead atoms. The first kappa shape index (κ1) is 23.5. The van der Waals surface area contributed by atoms with Gasteiger partial charge in [0.05, 0.1) is 29.0 Å². The van der Waals surface area contributed by atoms with Gasteiger partial charge in [-0.3, -0.25) is 14.2 Å². The molecule has 2 atom stereocenters. The minimum atomic E-state index is -0.493. The van der Waals surface area contributed by atoms with Gasteiger partial charge < -0.3 is 9.64 Å². The standard InChI is InChI=1S/C27H24ClN3O3S/c1-16-14-18-8-4-5-9-22(18)30(16)25(32)17(2)35-27-29-21-15-19(28)12-13-20(21)26(33)31(27)23-10-6-7-11-24(23)34-3/h4-13,15-17H,14H2,1-3H3/t16-,17-/m1/s1. The van der Waals surface area contributed by atoms with Crippen LogP contribution in [-0.4, -0.2) is 33.9 Å². The van der Waals surface area contributed by atoms with Crippen LogP contribution in [0.2, 0.25) is 5.02 Å². The Morgan fingerprint density at radius 2 is 1.83 bits per heavy atom. The molecule has 35 heavy (non-hydrogen) atoms. The molecule has 5 rings (SSSR count). The number of amides is 1. The van der Waals surface area contributed by atoms with Gasteiger partial charge in [-0.15, -0.1) is 0 Å². The van der Waals surface area contributed by atoms with Crippen molar-refractivity contribution in [1.82, 2.24) is 9.55 Å². The number of methoxy groups -OCH3 is 1. The molecule has 0 radical (unpaired) electrons. The Morgan fingerprint density at radius 3 is 2.60 bits per heavy atom. The summed E-state index contributed by atoms with van der Waals surface area (Å²) in [6.07, 6.45) is 0.817. The van der Waals surface area contributed by atoms with Crippen molar-refractivity contribution in [3.63, 3.8) is 0 Å². The highest BCUT2D eigenvalue weighted by Crippen LogP contribution is 2.35. The highest BCUT2D eigenvalue weighted by molar-refractivity contribution is 8.00. The largest absolute Gasteiger partial charge is 0.495 e. The number of hydrogen-bond acceptors (Lipinski definition) is 5. The number of ether oxygens (including phenoxy) is 1. The van der Waals surface area contributed by atoms with Crippen molar-refractivity contribution in [2.24, 2.45) is 0 Å². The van der Waals surface area contributed by atoms with Crippen LogP contribution in [0.5, 0.6) is 5.75 Å². The zero-order valence-corrected chi connectivity index (χ0v) is 21.1. The van der Waals surface area contributed by atoms with Gasteiger partial charge in [0.2, 0.25) is 5.91 Å². The number of hydrogen-bond donors (Lipinski definition) is 0. The first-order chi connectivity index (χ1) is 16.9. The molecule has 6 nitrogen and oxygen atoms in total. The molecule has 0 N–H and O–H groups in total. The Balaban J connectivity index is 1.60. The van der Waals surface area contributed by atoms with E-state index in [1.807, 2.05) is 42.2 Å². The van der Waals surface area contributed by atoms with Gasteiger partial charge in [0.15, 0.2) is 5.16 Å². The quantitative estimate of drug-likeness (QED) is 0.264. The summed E-state index contributed by atoms with van der Waals surface area (Å²) >= 11 is 7.45. The molecule has 3 aromatic carbocycles. The van der Waals surface area contributed by atoms with E-state index in [0.717, 1.165) is 17.7 Å². The van der Waals surface area contributed by atoms with Crippen molar-refractivity contribution < 1.29 is 9.53 Å². The van der Waals surface area contributed by atoms with Gasteiger partial charge in [-0.25, -0.2) is 4.98 Å². The number of anilines is 1. The van der Waals surface area contributed by atoms with Crippen LogP contribution in [0.3, 0.4) is 0 Å². The minimum Gasteiger partial charge on any atom is -0.495 e. The lowest BCUT2D eigenvalue weighted by Crippen LogP contribution is -2.40. The number of thioether (sulfide) groups is 1. The fourth-order valence-corrected chi connectivity index (χ4v) is 5.68. The third kappa shape index (κ3) is 4.19. The van der Waals surface area contributed by atoms with E-state index in [0.29, 0.717) is 32.5 Å². The van der Waals surface area contributed by atoms with Crippen molar-refractivity contribution in [2.75, 3.05) is 12.0 Å². The fraction of sp³-hybridized carbons (Fsp3) is 0.222. The van der Waals surface area contributed by atoms with E-state index >= 15 is 0 Å². The number of para-hydroxylation sites is 3. The lowest BCUT2D eigenvalue weighted by Gasteiger charge is -2.26. The summed E-state index contributed by atoms with van der Waals surface area (Å²) in [5, 5.41) is 0.830. The van der Waals surface area contributed by atoms with Crippen molar-refractivity contribution in [2.45, 2.75) is 36.7 Å². The lowest BCUT2D eigenvalue weighted by atomic mass is 10.1. The van der Waals surface area contributed by atoms with Crippen molar-refractivity contribution in [1.29, 1.82) is 0 Å². The second-order valence-electron chi connectivity index (χ2n) is 8.52. The highest BCUT2D eigenvalue weighted by atomic mass is 35.5. The maximum atomic E-state index is 13.7. The first-order valence-electron chi connectivity index (χ1n) is 11.3. The summed E-state index contributed by atoms with van der Waals surface area (Å²) in [4.78, 5) is 33.9. The van der Waals surface area contributed by atoms with E-state index < -0.39 is 5.25 Å². The third-order valence-electron chi connectivity index (χ3n) is 6.20. The third-order valence-corrected chi connectivity index (χ3v) is 7.48. The van der Waals surface area contributed by atoms with Crippen LogP contribution >= 0.6 is 23.4 Å². The maximum Gasteiger partial charge on any atom is 0.266 e. The smallest absolute Gasteiger partial charge is 0.266 e. The summed E-state index contributed by atoms with van der Waals surface area (Å²) in [6, 6.07) is 20.3. The lowest BCUT2D eigenvalue weighted by molar-refractivity contribution is -0.118. The molecule has 0 unspecified atom stereocenters. The second kappa shape index (κ2) is 9.40. The van der Waals surface area contributed by atoms with Crippen LogP contribution in [0, 0.1) is 0 Å². The SMILES string of the molecule is COc1ccccc1-n1c(S[C@H](C)C(=O)N2c3ccccc3C[C@H]2C)nc2cc(Cl)ccc2c1=O. The maximum absolute atomic E-state index is 13.7. The molecule has 0 saturated heterocycles. The van der Waals surface area contributed by atoms with Gasteiger partial charge >= 0.3 is 0 Å². The summed E-state index contributed by atoms with van der Waals surface area (Å²) in [5.74, 6) is 0.507. The molecule has 1 aliphatic heterocycles. The van der Waals surface area contributed by atoms with Crippen molar-refractivity contribution >= 4 is 45.9 Å². The molecule has 1 aliphatic rings. The molecule has 8 heteroatoms. The van der Waals surface area contributed by atoms with E-state index in [2.05, 4.69) is 13.0 Å². The average molecular weight is 506 g/mol. The average Bonchev–Trinajstić information content (AvgIpc) is 3.19. The predicted molar refractivity (Wildman–Crippen MR) is 141 cm³/mol. The molecule has 4 aromatic rings. The number of aromatic nitrogens is 2. The normalized spacial score (nSPS) is 15.8. The number of fused-ring (bicyclic) bond motifs is 2. The van der Waals surface area contributed by atoms with Gasteiger partial charge in [-0.1, -0.05) is 53.7 Å². The number of halogens is 1. The number of nitrogens with zero attached hydrogens (tertiary/aromatic N) is 3. The zero-order chi connectivity index (χ0) is 24.7. The van der Waals surface area contributed by atoms with E-state index in [9.17, 15) is 9.59 Å². The molecule has 0 fully saturated rings. The minimum absolute atomic E-state index is 0.0283. The molecule has 1 amide bonds. The number of carbonyl (C=O) groups is 1. The molecule has 178 valence electrons. The molecular formula is C27H24ClN3O3S. The fourth-order valence-electron chi connectivity index (χ4n) is 4.55. The van der Waals surface area contributed by atoms with Crippen LogP contribution < -0.4 is 15.2 Å². The Labute approximate surface area is 212 Å². The summed E-state index contributed by atoms with van der Waals surface area (Å²) in [7, 11) is 1.56. The molecule has 0 saturated carbocycles. The summed E-state index contributed by atoms with van der Waals surface area (Å²) < 4.78 is 7.05. The summed E-state index contributed by atoms with van der Waals surface area (Å²) in [5.41, 5.74) is 2.90. The molecular weight excluding hydrogens is 482 g/mol. The van der Waals surface area contributed by atoms with Gasteiger partial charge in [0.1, 0.15) is 5.75 Å². The first-order valence-corrected chi connectivity index (χ1v) is 12.6. The van der Waals surface area contributed by atoms with Gasteiger partial charge in [0.25, 0.3) is 5.56 Å². The van der Waals surface area contributed by atoms with Crippen LogP contribution in [-0.2, 0) is 11.2 Å². The van der Waals surface area contributed by atoms with E-state index in [4.69, 9.17) is 21.3 Å². The number of carbonyl (C=O) groups excluding carboxylic acids is 1. The Hall–Kier alpha value is -3.29. The van der Waals surface area contributed by atoms with Crippen LogP contribution in [0.4, 0.5) is 5.69 Å². The Kier molecular flexibility index (Phi) is 6.30. The second-order valence-corrected chi connectivity index (χ2v) is 10.3. The Bertz CT molecular complexity index is 1500. The topological polar surface area (TPSA) is 64.4 Å². The van der Waals surface area contributed by atoms with E-state index in [1.165, 1.54) is 16.3 Å². The zero-order valence-electron chi connectivity index (χ0n) is 19.6. The Morgan fingerprint density at radius 1 is 1.11 bits per heavy atom. The van der Waals surface area contributed by atoms with Crippen LogP contribution in [0.15, 0.2) is 76.7 Å². The molecule has 2 heterocycles. The molecule has 0 spiro atoms. The number of rotatable bonds is 5. The van der Waals surface area contributed by atoms with Crippen molar-refractivity contribution in [3.05, 3.63) is 87.7 Å².